The van der Waals surface area contributed by atoms with Crippen LogP contribution < -0.4 is 5.32 Å². The molecule has 2 aliphatic heterocycles. The fraction of sp³-hybridized carbons (Fsp3) is 0.588. The molecule has 3 rings (SSSR count). The Morgan fingerprint density at radius 3 is 2.65 bits per heavy atom. The van der Waals surface area contributed by atoms with Crippen LogP contribution in [-0.2, 0) is 0 Å². The zero-order valence-electron chi connectivity index (χ0n) is 12.4. The molecule has 1 aromatic rings. The van der Waals surface area contributed by atoms with E-state index in [1.807, 2.05) is 19.1 Å². The molecule has 2 fully saturated rings. The van der Waals surface area contributed by atoms with Gasteiger partial charge in [-0.3, -0.25) is 0 Å². The van der Waals surface area contributed by atoms with E-state index in [9.17, 15) is 5.26 Å². The molecular weight excluding hydrogens is 246 g/mol. The van der Waals surface area contributed by atoms with Gasteiger partial charge in [-0.2, -0.15) is 5.26 Å². The van der Waals surface area contributed by atoms with E-state index in [1.165, 1.54) is 25.7 Å². The van der Waals surface area contributed by atoms with E-state index in [-0.39, 0.29) is 0 Å². The number of nitriles is 1. The standard InChI is InChI=1S/C17H23N3/c1-12-3-6-17(14(7-12)10-18)19-11-13-8-15-4-5-16(9-13)20(15)2/h3,6-7,13,15-16,19H,4-5,8-9,11H2,1-2H3. The van der Waals surface area contributed by atoms with Crippen LogP contribution >= 0.6 is 0 Å². The molecule has 2 aliphatic rings. The fourth-order valence-corrected chi connectivity index (χ4v) is 3.85. The third-order valence-electron chi connectivity index (χ3n) is 5.07. The van der Waals surface area contributed by atoms with Crippen LogP contribution in [-0.4, -0.2) is 30.6 Å². The van der Waals surface area contributed by atoms with Crippen molar-refractivity contribution in [2.45, 2.75) is 44.7 Å². The average Bonchev–Trinajstić information content (AvgIpc) is 2.67. The molecular formula is C17H23N3. The maximum Gasteiger partial charge on any atom is 0.101 e. The lowest BCUT2D eigenvalue weighted by Gasteiger charge is -2.36. The molecule has 2 bridgehead atoms. The lowest BCUT2D eigenvalue weighted by molar-refractivity contribution is 0.139. The number of aryl methyl sites for hydroxylation is 1. The average molecular weight is 269 g/mol. The predicted molar refractivity (Wildman–Crippen MR) is 81.7 cm³/mol. The van der Waals surface area contributed by atoms with Gasteiger partial charge in [-0.1, -0.05) is 6.07 Å². The number of benzene rings is 1. The first-order valence-corrected chi connectivity index (χ1v) is 7.64. The van der Waals surface area contributed by atoms with E-state index < -0.39 is 0 Å². The summed E-state index contributed by atoms with van der Waals surface area (Å²) in [5, 5.41) is 12.7. The molecule has 3 heteroatoms. The Balaban J connectivity index is 1.62. The molecule has 1 aromatic carbocycles. The number of nitrogens with zero attached hydrogens (tertiary/aromatic N) is 2. The Labute approximate surface area is 121 Å². The van der Waals surface area contributed by atoms with Gasteiger partial charge in [0.05, 0.1) is 11.3 Å². The normalized spacial score (nSPS) is 29.1. The van der Waals surface area contributed by atoms with Gasteiger partial charge in [0.15, 0.2) is 0 Å². The first-order chi connectivity index (χ1) is 9.67. The molecule has 0 radical (unpaired) electrons. The van der Waals surface area contributed by atoms with E-state index in [0.717, 1.165) is 41.4 Å². The summed E-state index contributed by atoms with van der Waals surface area (Å²) in [6.07, 6.45) is 5.33. The van der Waals surface area contributed by atoms with Gasteiger partial charge in [0, 0.05) is 18.6 Å². The van der Waals surface area contributed by atoms with Crippen molar-refractivity contribution in [3.05, 3.63) is 29.3 Å². The topological polar surface area (TPSA) is 39.1 Å². The molecule has 0 saturated carbocycles. The Bertz CT molecular complexity index is 518. The van der Waals surface area contributed by atoms with Crippen molar-refractivity contribution in [1.82, 2.24) is 4.90 Å². The number of hydrogen-bond donors (Lipinski definition) is 1. The van der Waals surface area contributed by atoms with Gasteiger partial charge in [-0.25, -0.2) is 0 Å². The van der Waals surface area contributed by atoms with Crippen LogP contribution in [0.4, 0.5) is 5.69 Å². The largest absolute Gasteiger partial charge is 0.384 e. The van der Waals surface area contributed by atoms with Gasteiger partial charge >= 0.3 is 0 Å². The predicted octanol–water partition coefficient (Wildman–Crippen LogP) is 3.15. The van der Waals surface area contributed by atoms with Crippen molar-refractivity contribution in [3.8, 4) is 6.07 Å². The zero-order chi connectivity index (χ0) is 14.1. The number of anilines is 1. The third-order valence-corrected chi connectivity index (χ3v) is 5.07. The molecule has 2 atom stereocenters. The summed E-state index contributed by atoms with van der Waals surface area (Å²) in [5.41, 5.74) is 2.90. The van der Waals surface area contributed by atoms with E-state index in [0.29, 0.717) is 0 Å². The first-order valence-electron chi connectivity index (χ1n) is 7.64. The van der Waals surface area contributed by atoms with Crippen molar-refractivity contribution in [2.75, 3.05) is 18.9 Å². The lowest BCUT2D eigenvalue weighted by Crippen LogP contribution is -2.41. The highest BCUT2D eigenvalue weighted by atomic mass is 15.2. The van der Waals surface area contributed by atoms with Crippen LogP contribution in [0, 0.1) is 24.2 Å². The second-order valence-corrected chi connectivity index (χ2v) is 6.43. The van der Waals surface area contributed by atoms with Crippen LogP contribution in [0.1, 0.15) is 36.8 Å². The van der Waals surface area contributed by atoms with Crippen LogP contribution in [0.2, 0.25) is 0 Å². The Morgan fingerprint density at radius 1 is 1.30 bits per heavy atom. The lowest BCUT2D eigenvalue weighted by atomic mass is 9.91. The van der Waals surface area contributed by atoms with Gasteiger partial charge in [0.25, 0.3) is 0 Å². The second kappa shape index (κ2) is 5.46. The smallest absolute Gasteiger partial charge is 0.101 e. The van der Waals surface area contributed by atoms with Crippen LogP contribution in [0.15, 0.2) is 18.2 Å². The summed E-state index contributed by atoms with van der Waals surface area (Å²) >= 11 is 0. The molecule has 106 valence electrons. The summed E-state index contributed by atoms with van der Waals surface area (Å²) in [5.74, 6) is 0.747. The molecule has 20 heavy (non-hydrogen) atoms. The highest BCUT2D eigenvalue weighted by molar-refractivity contribution is 5.58. The minimum absolute atomic E-state index is 0.747. The summed E-state index contributed by atoms with van der Waals surface area (Å²) in [4.78, 5) is 2.57. The number of nitrogens with one attached hydrogen (secondary N) is 1. The van der Waals surface area contributed by atoms with Crippen molar-refractivity contribution in [2.24, 2.45) is 5.92 Å². The fourth-order valence-electron chi connectivity index (χ4n) is 3.85. The minimum Gasteiger partial charge on any atom is -0.384 e. The number of fused-ring (bicyclic) bond motifs is 2. The molecule has 2 unspecified atom stereocenters. The summed E-state index contributed by atoms with van der Waals surface area (Å²) in [6, 6.07) is 9.93. The molecule has 1 N–H and O–H groups in total. The first kappa shape index (κ1) is 13.5. The molecule has 0 aromatic heterocycles. The zero-order valence-corrected chi connectivity index (χ0v) is 12.4. The van der Waals surface area contributed by atoms with Crippen LogP contribution in [0.3, 0.4) is 0 Å². The van der Waals surface area contributed by atoms with Gasteiger partial charge in [0.2, 0.25) is 0 Å². The maximum absolute atomic E-state index is 9.21. The Morgan fingerprint density at radius 2 is 2.00 bits per heavy atom. The Hall–Kier alpha value is -1.53. The van der Waals surface area contributed by atoms with Gasteiger partial charge in [-0.15, -0.1) is 0 Å². The van der Waals surface area contributed by atoms with E-state index >= 15 is 0 Å². The Kier molecular flexibility index (Phi) is 3.67. The summed E-state index contributed by atoms with van der Waals surface area (Å²) < 4.78 is 0. The molecule has 3 nitrogen and oxygen atoms in total. The number of rotatable bonds is 3. The van der Waals surface area contributed by atoms with Gasteiger partial charge in [0.1, 0.15) is 6.07 Å². The highest BCUT2D eigenvalue weighted by Gasteiger charge is 2.38. The minimum atomic E-state index is 0.747. The SMILES string of the molecule is Cc1ccc(NCC2CC3CCC(C2)N3C)c(C#N)c1. The molecule has 0 aliphatic carbocycles. The maximum atomic E-state index is 9.21. The van der Waals surface area contributed by atoms with E-state index in [2.05, 4.69) is 29.4 Å². The van der Waals surface area contributed by atoms with Gasteiger partial charge < -0.3 is 10.2 Å². The third kappa shape index (κ3) is 2.53. The van der Waals surface area contributed by atoms with E-state index in [4.69, 9.17) is 0 Å². The highest BCUT2D eigenvalue weighted by Crippen LogP contribution is 2.37. The monoisotopic (exact) mass is 269 g/mol. The van der Waals surface area contributed by atoms with Gasteiger partial charge in [-0.05, 0) is 63.3 Å². The quantitative estimate of drug-likeness (QED) is 0.916. The van der Waals surface area contributed by atoms with Crippen molar-refractivity contribution < 1.29 is 0 Å². The van der Waals surface area contributed by atoms with E-state index in [1.54, 1.807) is 0 Å². The number of piperidine rings is 1. The second-order valence-electron chi connectivity index (χ2n) is 6.43. The van der Waals surface area contributed by atoms with Crippen molar-refractivity contribution >= 4 is 5.69 Å². The molecule has 0 spiro atoms. The summed E-state index contributed by atoms with van der Waals surface area (Å²) in [7, 11) is 2.28. The van der Waals surface area contributed by atoms with Crippen molar-refractivity contribution in [1.29, 1.82) is 5.26 Å². The molecule has 2 saturated heterocycles. The summed E-state index contributed by atoms with van der Waals surface area (Å²) in [6.45, 7) is 3.03. The van der Waals surface area contributed by atoms with Crippen LogP contribution in [0.5, 0.6) is 0 Å². The van der Waals surface area contributed by atoms with Crippen molar-refractivity contribution in [3.63, 3.8) is 0 Å². The van der Waals surface area contributed by atoms with Crippen LogP contribution in [0.25, 0.3) is 0 Å². The molecule has 0 amide bonds. The number of hydrogen-bond acceptors (Lipinski definition) is 3. The molecule has 2 heterocycles.